The van der Waals surface area contributed by atoms with Gasteiger partial charge in [-0.25, -0.2) is 0 Å². The molecule has 0 radical (unpaired) electrons. The number of aromatic amines is 1. The van der Waals surface area contributed by atoms with E-state index in [1.165, 1.54) is 0 Å². The Kier molecular flexibility index (Phi) is 5.75. The van der Waals surface area contributed by atoms with Crippen molar-refractivity contribution in [2.24, 2.45) is 0 Å². The molecule has 0 aliphatic rings. The average Bonchev–Trinajstić information content (AvgIpc) is 2.62. The number of nitrogens with zero attached hydrogens (tertiary/aromatic N) is 2. The summed E-state index contributed by atoms with van der Waals surface area (Å²) >= 11 is 12.2. The van der Waals surface area contributed by atoms with Gasteiger partial charge in [0, 0.05) is 6.42 Å². The Labute approximate surface area is 160 Å². The molecule has 3 aromatic rings. The van der Waals surface area contributed by atoms with Gasteiger partial charge in [0.2, 0.25) is 5.95 Å². The number of benzene rings is 2. The molecule has 6 nitrogen and oxygen atoms in total. The van der Waals surface area contributed by atoms with Crippen LogP contribution in [0.25, 0.3) is 0 Å². The molecule has 134 valence electrons. The monoisotopic (exact) mass is 390 g/mol. The zero-order valence-electron chi connectivity index (χ0n) is 13.9. The summed E-state index contributed by atoms with van der Waals surface area (Å²) in [6.07, 6.45) is 0.363. The van der Waals surface area contributed by atoms with E-state index in [1.54, 1.807) is 18.2 Å². The molecule has 0 aliphatic carbocycles. The summed E-state index contributed by atoms with van der Waals surface area (Å²) in [5, 5.41) is 11.7. The predicted molar refractivity (Wildman–Crippen MR) is 103 cm³/mol. The van der Waals surface area contributed by atoms with Gasteiger partial charge in [0.15, 0.2) is 0 Å². The molecule has 1 aromatic heterocycles. The first-order chi connectivity index (χ1) is 12.6. The molecule has 3 rings (SSSR count). The van der Waals surface area contributed by atoms with E-state index in [0.29, 0.717) is 34.5 Å². The highest BCUT2D eigenvalue weighted by Crippen LogP contribution is 2.31. The first-order valence-electron chi connectivity index (χ1n) is 7.95. The van der Waals surface area contributed by atoms with Crippen LogP contribution in [-0.4, -0.2) is 21.8 Å². The highest BCUT2D eigenvalue weighted by molar-refractivity contribution is 6.39. The maximum Gasteiger partial charge on any atom is 0.274 e. The highest BCUT2D eigenvalue weighted by atomic mass is 35.5. The lowest BCUT2D eigenvalue weighted by Crippen LogP contribution is -2.19. The Morgan fingerprint density at radius 1 is 1.08 bits per heavy atom. The van der Waals surface area contributed by atoms with Crippen LogP contribution >= 0.6 is 23.2 Å². The minimum Gasteiger partial charge on any atom is -0.494 e. The number of hydrogen-bond donors (Lipinski definition) is 2. The van der Waals surface area contributed by atoms with E-state index in [4.69, 9.17) is 27.9 Å². The fourth-order valence-corrected chi connectivity index (χ4v) is 2.82. The molecule has 2 N–H and O–H groups in total. The molecule has 0 spiro atoms. The van der Waals surface area contributed by atoms with Crippen molar-refractivity contribution >= 4 is 34.8 Å². The van der Waals surface area contributed by atoms with E-state index in [2.05, 4.69) is 20.5 Å². The van der Waals surface area contributed by atoms with Gasteiger partial charge in [0.25, 0.3) is 5.56 Å². The summed E-state index contributed by atoms with van der Waals surface area (Å²) < 4.78 is 5.40. The third-order valence-electron chi connectivity index (χ3n) is 3.58. The molecule has 0 saturated heterocycles. The van der Waals surface area contributed by atoms with Gasteiger partial charge in [-0.05, 0) is 36.8 Å². The quantitative estimate of drug-likeness (QED) is 0.658. The van der Waals surface area contributed by atoms with Crippen molar-refractivity contribution < 1.29 is 4.74 Å². The van der Waals surface area contributed by atoms with Crippen molar-refractivity contribution in [3.8, 4) is 5.75 Å². The average molecular weight is 391 g/mol. The lowest BCUT2D eigenvalue weighted by Gasteiger charge is -2.09. The third-order valence-corrected chi connectivity index (χ3v) is 4.21. The zero-order chi connectivity index (χ0) is 18.5. The molecule has 0 atom stereocenters. The van der Waals surface area contributed by atoms with Crippen LogP contribution in [0, 0.1) is 0 Å². The number of ether oxygens (including phenoxy) is 1. The molecule has 0 unspecified atom stereocenters. The molecule has 1 heterocycles. The molecule has 0 fully saturated rings. The minimum absolute atomic E-state index is 0.167. The fourth-order valence-electron chi connectivity index (χ4n) is 2.33. The van der Waals surface area contributed by atoms with Crippen LogP contribution in [0.2, 0.25) is 10.0 Å². The second-order valence-corrected chi connectivity index (χ2v) is 6.24. The maximum atomic E-state index is 12.3. The van der Waals surface area contributed by atoms with E-state index in [9.17, 15) is 4.79 Å². The number of para-hydroxylation sites is 1. The molecule has 8 heteroatoms. The molecule has 0 aliphatic heterocycles. The number of anilines is 2. The van der Waals surface area contributed by atoms with Gasteiger partial charge < -0.3 is 10.1 Å². The maximum absolute atomic E-state index is 12.3. The van der Waals surface area contributed by atoms with Crippen LogP contribution in [-0.2, 0) is 6.42 Å². The van der Waals surface area contributed by atoms with E-state index >= 15 is 0 Å². The molecular weight excluding hydrogens is 375 g/mol. The molecular formula is C18H16Cl2N4O2. The Morgan fingerprint density at radius 3 is 2.38 bits per heavy atom. The molecule has 0 saturated carbocycles. The largest absolute Gasteiger partial charge is 0.494 e. The third kappa shape index (κ3) is 4.33. The second-order valence-electron chi connectivity index (χ2n) is 5.42. The van der Waals surface area contributed by atoms with E-state index in [0.717, 1.165) is 11.3 Å². The fraction of sp³-hybridized carbons (Fsp3) is 0.167. The summed E-state index contributed by atoms with van der Waals surface area (Å²) in [7, 11) is 0. The SMILES string of the molecule is CCOc1ccc(Cc2nnc(Nc3c(Cl)cccc3Cl)[nH]c2=O)cc1. The van der Waals surface area contributed by atoms with E-state index < -0.39 is 0 Å². The number of hydrogen-bond acceptors (Lipinski definition) is 5. The number of aromatic nitrogens is 3. The number of halogens is 2. The van der Waals surface area contributed by atoms with Crippen molar-refractivity contribution in [1.29, 1.82) is 0 Å². The van der Waals surface area contributed by atoms with Gasteiger partial charge in [0.05, 0.1) is 22.3 Å². The lowest BCUT2D eigenvalue weighted by atomic mass is 10.1. The second kappa shape index (κ2) is 8.21. The van der Waals surface area contributed by atoms with Crippen LogP contribution in [0.1, 0.15) is 18.2 Å². The molecule has 0 bridgehead atoms. The Morgan fingerprint density at radius 2 is 1.77 bits per heavy atom. The minimum atomic E-state index is -0.334. The van der Waals surface area contributed by atoms with Crippen molar-refractivity contribution in [3.05, 3.63) is 74.1 Å². The smallest absolute Gasteiger partial charge is 0.274 e. The first kappa shape index (κ1) is 18.2. The van der Waals surface area contributed by atoms with Gasteiger partial charge >= 0.3 is 0 Å². The predicted octanol–water partition coefficient (Wildman–Crippen LogP) is 4.20. The van der Waals surface area contributed by atoms with Crippen LogP contribution in [0.4, 0.5) is 11.6 Å². The summed E-state index contributed by atoms with van der Waals surface area (Å²) in [6.45, 7) is 2.53. The van der Waals surface area contributed by atoms with Gasteiger partial charge in [-0.15, -0.1) is 10.2 Å². The normalized spacial score (nSPS) is 10.6. The van der Waals surface area contributed by atoms with Gasteiger partial charge in [0.1, 0.15) is 11.4 Å². The molecule has 26 heavy (non-hydrogen) atoms. The highest BCUT2D eigenvalue weighted by Gasteiger charge is 2.10. The zero-order valence-corrected chi connectivity index (χ0v) is 15.4. The van der Waals surface area contributed by atoms with E-state index in [-0.39, 0.29) is 11.5 Å². The standard InChI is InChI=1S/C18H16Cl2N4O2/c1-2-26-12-8-6-11(7-9-12)10-15-17(25)22-18(24-23-15)21-16-13(19)4-3-5-14(16)20/h3-9H,2,10H2,1H3,(H2,21,22,24,25). The summed E-state index contributed by atoms with van der Waals surface area (Å²) in [4.78, 5) is 14.9. The number of H-pyrrole nitrogens is 1. The summed E-state index contributed by atoms with van der Waals surface area (Å²) in [5.74, 6) is 0.952. The van der Waals surface area contributed by atoms with Crippen LogP contribution in [0.5, 0.6) is 5.75 Å². The van der Waals surface area contributed by atoms with Crippen LogP contribution in [0.3, 0.4) is 0 Å². The Bertz CT molecular complexity index is 938. The molecule has 2 aromatic carbocycles. The van der Waals surface area contributed by atoms with Crippen molar-refractivity contribution in [2.45, 2.75) is 13.3 Å². The van der Waals surface area contributed by atoms with Crippen molar-refractivity contribution in [2.75, 3.05) is 11.9 Å². The topological polar surface area (TPSA) is 79.9 Å². The van der Waals surface area contributed by atoms with Crippen molar-refractivity contribution in [1.82, 2.24) is 15.2 Å². The first-order valence-corrected chi connectivity index (χ1v) is 8.71. The van der Waals surface area contributed by atoms with Crippen molar-refractivity contribution in [3.63, 3.8) is 0 Å². The Hall–Kier alpha value is -2.57. The van der Waals surface area contributed by atoms with Crippen LogP contribution < -0.4 is 15.6 Å². The molecule has 0 amide bonds. The number of rotatable bonds is 6. The van der Waals surface area contributed by atoms with Gasteiger partial charge in [-0.3, -0.25) is 9.78 Å². The van der Waals surface area contributed by atoms with Gasteiger partial charge in [-0.2, -0.15) is 0 Å². The van der Waals surface area contributed by atoms with E-state index in [1.807, 2.05) is 31.2 Å². The van der Waals surface area contributed by atoms with Gasteiger partial charge in [-0.1, -0.05) is 41.4 Å². The summed E-state index contributed by atoms with van der Waals surface area (Å²) in [5.41, 5.74) is 1.37. The number of nitrogens with one attached hydrogen (secondary N) is 2. The van der Waals surface area contributed by atoms with Crippen LogP contribution in [0.15, 0.2) is 47.3 Å². The summed E-state index contributed by atoms with van der Waals surface area (Å²) in [6, 6.07) is 12.6. The Balaban J connectivity index is 1.76. The lowest BCUT2D eigenvalue weighted by molar-refractivity contribution is 0.340.